The number of benzene rings is 2. The Hall–Kier alpha value is -3.62. The summed E-state index contributed by atoms with van der Waals surface area (Å²) in [6, 6.07) is 19.7. The zero-order valence-electron chi connectivity index (χ0n) is 14.8. The predicted octanol–water partition coefficient (Wildman–Crippen LogP) is 4.86. The Balaban J connectivity index is 1.79. The van der Waals surface area contributed by atoms with Crippen molar-refractivity contribution >= 4 is 29.3 Å². The lowest BCUT2D eigenvalue weighted by atomic mass is 10.1. The first-order valence-corrected chi connectivity index (χ1v) is 8.83. The molecule has 2 aromatic carbocycles. The third-order valence-electron chi connectivity index (χ3n) is 3.82. The number of pyridine rings is 1. The van der Waals surface area contributed by atoms with Gasteiger partial charge in [0, 0.05) is 23.5 Å². The van der Waals surface area contributed by atoms with E-state index in [0.29, 0.717) is 28.6 Å². The molecule has 0 aliphatic heterocycles. The average molecular weight is 390 g/mol. The molecule has 0 aliphatic carbocycles. The number of hydrogen-bond donors (Lipinski definition) is 1. The van der Waals surface area contributed by atoms with Crippen molar-refractivity contribution in [3.05, 3.63) is 94.8 Å². The summed E-state index contributed by atoms with van der Waals surface area (Å²) in [6.07, 6.45) is 4.90. The third-order valence-corrected chi connectivity index (χ3v) is 4.15. The first-order valence-electron chi connectivity index (χ1n) is 8.46. The molecule has 1 amide bonds. The van der Waals surface area contributed by atoms with Crippen molar-refractivity contribution in [2.24, 2.45) is 0 Å². The van der Waals surface area contributed by atoms with Crippen LogP contribution in [0.2, 0.25) is 5.02 Å². The van der Waals surface area contributed by atoms with Gasteiger partial charge in [0.2, 0.25) is 0 Å². The van der Waals surface area contributed by atoms with Gasteiger partial charge in [0.1, 0.15) is 24.0 Å². The largest absolute Gasteiger partial charge is 0.488 e. The second-order valence-corrected chi connectivity index (χ2v) is 6.20. The number of aromatic nitrogens is 1. The lowest BCUT2D eigenvalue weighted by Crippen LogP contribution is -2.13. The van der Waals surface area contributed by atoms with Crippen molar-refractivity contribution < 1.29 is 9.53 Å². The molecule has 28 heavy (non-hydrogen) atoms. The summed E-state index contributed by atoms with van der Waals surface area (Å²) in [4.78, 5) is 16.5. The van der Waals surface area contributed by atoms with Crippen molar-refractivity contribution in [3.63, 3.8) is 0 Å². The molecule has 5 nitrogen and oxygen atoms in total. The highest BCUT2D eigenvalue weighted by molar-refractivity contribution is 6.34. The zero-order chi connectivity index (χ0) is 19.8. The summed E-state index contributed by atoms with van der Waals surface area (Å²) in [6.45, 7) is 0.326. The first-order chi connectivity index (χ1) is 13.7. The molecule has 6 heteroatoms. The summed E-state index contributed by atoms with van der Waals surface area (Å²) in [5, 5.41) is 12.5. The van der Waals surface area contributed by atoms with Crippen LogP contribution < -0.4 is 10.1 Å². The molecule has 1 aromatic heterocycles. The Kier molecular flexibility index (Phi) is 6.40. The highest BCUT2D eigenvalue weighted by Gasteiger charge is 2.12. The van der Waals surface area contributed by atoms with E-state index in [-0.39, 0.29) is 5.57 Å². The molecule has 138 valence electrons. The molecule has 0 bridgehead atoms. The number of anilines is 1. The van der Waals surface area contributed by atoms with Crippen LogP contribution in [0, 0.1) is 11.3 Å². The number of rotatable bonds is 6. The van der Waals surface area contributed by atoms with Crippen LogP contribution in [0.3, 0.4) is 0 Å². The van der Waals surface area contributed by atoms with E-state index in [1.807, 2.05) is 30.3 Å². The number of ether oxygens (including phenoxy) is 1. The van der Waals surface area contributed by atoms with Crippen molar-refractivity contribution in [1.29, 1.82) is 5.26 Å². The summed E-state index contributed by atoms with van der Waals surface area (Å²) in [5.74, 6) is 0.0160. The summed E-state index contributed by atoms with van der Waals surface area (Å²) in [7, 11) is 0. The monoisotopic (exact) mass is 389 g/mol. The number of carbonyl (C=O) groups is 1. The molecular formula is C22H16ClN3O2. The molecule has 0 aliphatic rings. The van der Waals surface area contributed by atoms with Gasteiger partial charge in [0.15, 0.2) is 0 Å². The van der Waals surface area contributed by atoms with E-state index in [4.69, 9.17) is 16.3 Å². The molecule has 0 atom stereocenters. The fourth-order valence-electron chi connectivity index (χ4n) is 2.43. The van der Waals surface area contributed by atoms with Crippen LogP contribution in [0.25, 0.3) is 6.08 Å². The standard InChI is InChI=1S/C22H16ClN3O2/c23-19-8-2-3-9-20(19)26-22(27)18(13-24)12-17-7-1-4-10-21(17)28-15-16-6-5-11-25-14-16/h1-12,14H,15H2,(H,26,27)/b18-12+. The fourth-order valence-corrected chi connectivity index (χ4v) is 2.62. The van der Waals surface area contributed by atoms with E-state index >= 15 is 0 Å². The van der Waals surface area contributed by atoms with Gasteiger partial charge >= 0.3 is 0 Å². The van der Waals surface area contributed by atoms with Crippen molar-refractivity contribution in [3.8, 4) is 11.8 Å². The molecule has 0 fully saturated rings. The number of amides is 1. The van der Waals surface area contributed by atoms with Crippen LogP contribution in [-0.2, 0) is 11.4 Å². The molecule has 0 unspecified atom stereocenters. The van der Waals surface area contributed by atoms with E-state index in [9.17, 15) is 10.1 Å². The van der Waals surface area contributed by atoms with Crippen LogP contribution in [0.15, 0.2) is 78.6 Å². The maximum absolute atomic E-state index is 12.5. The molecule has 3 rings (SSSR count). The van der Waals surface area contributed by atoms with Crippen molar-refractivity contribution in [2.75, 3.05) is 5.32 Å². The second kappa shape index (κ2) is 9.36. The maximum atomic E-state index is 12.5. The smallest absolute Gasteiger partial charge is 0.266 e. The number of nitrogens with zero attached hydrogens (tertiary/aromatic N) is 2. The molecule has 0 saturated carbocycles. The van der Waals surface area contributed by atoms with Gasteiger partial charge < -0.3 is 10.1 Å². The van der Waals surface area contributed by atoms with E-state index in [1.54, 1.807) is 48.8 Å². The summed E-state index contributed by atoms with van der Waals surface area (Å²) in [5.41, 5.74) is 1.92. The average Bonchev–Trinajstić information content (AvgIpc) is 2.73. The topological polar surface area (TPSA) is 75.0 Å². The van der Waals surface area contributed by atoms with E-state index in [1.165, 1.54) is 6.08 Å². The van der Waals surface area contributed by atoms with Gasteiger partial charge in [-0.3, -0.25) is 9.78 Å². The highest BCUT2D eigenvalue weighted by atomic mass is 35.5. The van der Waals surface area contributed by atoms with Crippen LogP contribution in [0.5, 0.6) is 5.75 Å². The Labute approximate surface area is 167 Å². The molecule has 0 spiro atoms. The van der Waals surface area contributed by atoms with Crippen LogP contribution in [0.4, 0.5) is 5.69 Å². The Morgan fingerprint density at radius 1 is 1.14 bits per heavy atom. The summed E-state index contributed by atoms with van der Waals surface area (Å²) < 4.78 is 5.84. The Bertz CT molecular complexity index is 1040. The summed E-state index contributed by atoms with van der Waals surface area (Å²) >= 11 is 6.06. The minimum Gasteiger partial charge on any atom is -0.488 e. The Morgan fingerprint density at radius 2 is 1.93 bits per heavy atom. The molecule has 0 radical (unpaired) electrons. The predicted molar refractivity (Wildman–Crippen MR) is 109 cm³/mol. The molecule has 1 heterocycles. The van der Waals surface area contributed by atoms with Crippen LogP contribution in [-0.4, -0.2) is 10.9 Å². The third kappa shape index (κ3) is 4.97. The van der Waals surface area contributed by atoms with Gasteiger partial charge in [-0.2, -0.15) is 5.26 Å². The SMILES string of the molecule is N#C/C(=C\c1ccccc1OCc1cccnc1)C(=O)Nc1ccccc1Cl. The lowest BCUT2D eigenvalue weighted by Gasteiger charge is -2.10. The number of carbonyl (C=O) groups excluding carboxylic acids is 1. The molecular weight excluding hydrogens is 374 g/mol. The van der Waals surface area contributed by atoms with Crippen LogP contribution in [0.1, 0.15) is 11.1 Å². The minimum atomic E-state index is -0.544. The van der Waals surface area contributed by atoms with E-state index in [2.05, 4.69) is 10.3 Å². The van der Waals surface area contributed by atoms with Crippen molar-refractivity contribution in [2.45, 2.75) is 6.61 Å². The number of halogens is 1. The van der Waals surface area contributed by atoms with Gasteiger partial charge in [-0.05, 0) is 30.3 Å². The number of nitriles is 1. The van der Waals surface area contributed by atoms with Gasteiger partial charge in [-0.25, -0.2) is 0 Å². The minimum absolute atomic E-state index is 0.0580. The fraction of sp³-hybridized carbons (Fsp3) is 0.0455. The van der Waals surface area contributed by atoms with Crippen LogP contribution >= 0.6 is 11.6 Å². The molecule has 3 aromatic rings. The maximum Gasteiger partial charge on any atom is 0.266 e. The lowest BCUT2D eigenvalue weighted by molar-refractivity contribution is -0.112. The first kappa shape index (κ1) is 19.2. The number of nitrogens with one attached hydrogen (secondary N) is 1. The van der Waals surface area contributed by atoms with E-state index in [0.717, 1.165) is 5.56 Å². The number of para-hydroxylation sites is 2. The van der Waals surface area contributed by atoms with E-state index < -0.39 is 5.91 Å². The van der Waals surface area contributed by atoms with Gasteiger partial charge in [0.05, 0.1) is 10.7 Å². The quantitative estimate of drug-likeness (QED) is 0.482. The molecule has 1 N–H and O–H groups in total. The zero-order valence-corrected chi connectivity index (χ0v) is 15.6. The normalized spacial score (nSPS) is 10.8. The van der Waals surface area contributed by atoms with Gasteiger partial charge in [0.25, 0.3) is 5.91 Å². The number of hydrogen-bond acceptors (Lipinski definition) is 4. The second-order valence-electron chi connectivity index (χ2n) is 5.79. The van der Waals surface area contributed by atoms with Gasteiger partial charge in [-0.1, -0.05) is 48.0 Å². The van der Waals surface area contributed by atoms with Gasteiger partial charge in [-0.15, -0.1) is 0 Å². The van der Waals surface area contributed by atoms with Crippen molar-refractivity contribution in [1.82, 2.24) is 4.98 Å². The Morgan fingerprint density at radius 3 is 2.68 bits per heavy atom. The molecule has 0 saturated heterocycles. The highest BCUT2D eigenvalue weighted by Crippen LogP contribution is 2.24.